The molecule has 0 saturated carbocycles. The minimum Gasteiger partial charge on any atom is -0.321 e. The predicted octanol–water partition coefficient (Wildman–Crippen LogP) is 4.44. The molecule has 2 N–H and O–H groups in total. The summed E-state index contributed by atoms with van der Waals surface area (Å²) in [7, 11) is -3.91. The second kappa shape index (κ2) is 7.82. The average molecular weight is 444 g/mol. The highest BCUT2D eigenvalue weighted by Crippen LogP contribution is 2.26. The van der Waals surface area contributed by atoms with Crippen LogP contribution in [-0.2, 0) is 10.0 Å². The highest BCUT2D eigenvalue weighted by Gasteiger charge is 2.20. The number of halogens is 3. The zero-order valence-corrected chi connectivity index (χ0v) is 16.6. The van der Waals surface area contributed by atoms with E-state index in [4.69, 9.17) is 11.6 Å². The normalized spacial score (nSPS) is 11.3. The molecule has 0 aliphatic heterocycles. The summed E-state index contributed by atoms with van der Waals surface area (Å²) in [5.41, 5.74) is 0.332. The summed E-state index contributed by atoms with van der Waals surface area (Å²) in [6.07, 6.45) is 0. The molecule has 0 bridgehead atoms. The molecule has 1 amide bonds. The first-order valence-corrected chi connectivity index (χ1v) is 10.4. The number of benzene rings is 2. The summed E-state index contributed by atoms with van der Waals surface area (Å²) in [6, 6.07) is 8.47. The molecule has 1 aromatic heterocycles. The van der Waals surface area contributed by atoms with Crippen LogP contribution < -0.4 is 10.0 Å². The van der Waals surface area contributed by atoms with Gasteiger partial charge in [0.2, 0.25) is 0 Å². The van der Waals surface area contributed by atoms with Gasteiger partial charge in [0.05, 0.1) is 10.6 Å². The van der Waals surface area contributed by atoms with Crippen LogP contribution in [0.3, 0.4) is 0 Å². The van der Waals surface area contributed by atoms with Gasteiger partial charge in [-0.1, -0.05) is 22.9 Å². The smallest absolute Gasteiger partial charge is 0.267 e. The van der Waals surface area contributed by atoms with Crippen molar-refractivity contribution >= 4 is 49.7 Å². The summed E-state index contributed by atoms with van der Waals surface area (Å²) in [5.74, 6) is -2.76. The maximum Gasteiger partial charge on any atom is 0.267 e. The second-order valence-electron chi connectivity index (χ2n) is 5.58. The van der Waals surface area contributed by atoms with Crippen molar-refractivity contribution in [2.75, 3.05) is 10.0 Å². The van der Waals surface area contributed by atoms with Gasteiger partial charge in [0.1, 0.15) is 4.88 Å². The molecule has 0 atom stereocenters. The van der Waals surface area contributed by atoms with E-state index in [1.165, 1.54) is 37.3 Å². The Morgan fingerprint density at radius 1 is 1.11 bits per heavy atom. The van der Waals surface area contributed by atoms with Crippen molar-refractivity contribution in [1.82, 2.24) is 4.98 Å². The zero-order valence-electron chi connectivity index (χ0n) is 14.2. The van der Waals surface area contributed by atoms with Gasteiger partial charge < -0.3 is 5.32 Å². The summed E-state index contributed by atoms with van der Waals surface area (Å²) in [4.78, 5) is 16.5. The molecule has 3 aromatic rings. The number of carbonyl (C=O) groups excluding carboxylic acids is 1. The van der Waals surface area contributed by atoms with Crippen molar-refractivity contribution in [1.29, 1.82) is 0 Å². The van der Waals surface area contributed by atoms with E-state index in [1.54, 1.807) is 0 Å². The molecular weight excluding hydrogens is 432 g/mol. The van der Waals surface area contributed by atoms with Crippen molar-refractivity contribution < 1.29 is 22.0 Å². The largest absolute Gasteiger partial charge is 0.321 e. The molecule has 0 unspecified atom stereocenters. The van der Waals surface area contributed by atoms with Crippen molar-refractivity contribution in [3.8, 4) is 0 Å². The highest BCUT2D eigenvalue weighted by atomic mass is 35.5. The maximum absolute atomic E-state index is 13.3. The van der Waals surface area contributed by atoms with E-state index >= 15 is 0 Å². The molecule has 28 heavy (non-hydrogen) atoms. The van der Waals surface area contributed by atoms with Crippen molar-refractivity contribution in [3.63, 3.8) is 0 Å². The van der Waals surface area contributed by atoms with Crippen LogP contribution >= 0.6 is 22.9 Å². The SMILES string of the molecule is Cc1nc(NS(=O)(=O)c2ccc(Cl)cc2)sc1C(=O)Nc1ccc(F)c(F)c1. The number of hydrogen-bond acceptors (Lipinski definition) is 5. The van der Waals surface area contributed by atoms with Gasteiger partial charge in [0.25, 0.3) is 15.9 Å². The number of rotatable bonds is 5. The van der Waals surface area contributed by atoms with Gasteiger partial charge in [0, 0.05) is 16.8 Å². The third-order valence-electron chi connectivity index (χ3n) is 3.53. The highest BCUT2D eigenvalue weighted by molar-refractivity contribution is 7.93. The number of aromatic nitrogens is 1. The first kappa shape index (κ1) is 20.2. The lowest BCUT2D eigenvalue weighted by molar-refractivity contribution is 0.102. The van der Waals surface area contributed by atoms with Crippen LogP contribution in [0.15, 0.2) is 47.4 Å². The molecule has 0 aliphatic carbocycles. The van der Waals surface area contributed by atoms with Gasteiger partial charge in [-0.05, 0) is 43.3 Å². The number of anilines is 2. The molecule has 0 fully saturated rings. The van der Waals surface area contributed by atoms with E-state index in [1.807, 2.05) is 0 Å². The maximum atomic E-state index is 13.3. The minimum atomic E-state index is -3.91. The fourth-order valence-electron chi connectivity index (χ4n) is 2.20. The fourth-order valence-corrected chi connectivity index (χ4v) is 4.42. The summed E-state index contributed by atoms with van der Waals surface area (Å²) in [6.45, 7) is 1.52. The first-order valence-electron chi connectivity index (χ1n) is 7.68. The van der Waals surface area contributed by atoms with Crippen molar-refractivity contribution in [2.45, 2.75) is 11.8 Å². The van der Waals surface area contributed by atoms with E-state index in [2.05, 4.69) is 15.0 Å². The van der Waals surface area contributed by atoms with Crippen LogP contribution in [-0.4, -0.2) is 19.3 Å². The first-order chi connectivity index (χ1) is 13.2. The van der Waals surface area contributed by atoms with Gasteiger partial charge in [-0.15, -0.1) is 0 Å². The molecule has 0 saturated heterocycles. The van der Waals surface area contributed by atoms with Crippen LogP contribution in [0.1, 0.15) is 15.4 Å². The van der Waals surface area contributed by atoms with E-state index in [-0.39, 0.29) is 26.3 Å². The van der Waals surface area contributed by atoms with Crippen LogP contribution in [0.25, 0.3) is 0 Å². The van der Waals surface area contributed by atoms with Gasteiger partial charge >= 0.3 is 0 Å². The molecule has 0 spiro atoms. The number of amides is 1. The zero-order chi connectivity index (χ0) is 20.5. The number of nitrogens with one attached hydrogen (secondary N) is 2. The lowest BCUT2D eigenvalue weighted by Gasteiger charge is -2.05. The number of sulfonamides is 1. The third-order valence-corrected chi connectivity index (χ3v) is 6.33. The molecule has 146 valence electrons. The molecule has 2 aromatic carbocycles. The molecule has 3 rings (SSSR count). The lowest BCUT2D eigenvalue weighted by Crippen LogP contribution is -2.12. The molecule has 11 heteroatoms. The average Bonchev–Trinajstić information content (AvgIpc) is 2.98. The van der Waals surface area contributed by atoms with Crippen LogP contribution in [0, 0.1) is 18.6 Å². The summed E-state index contributed by atoms with van der Waals surface area (Å²) in [5, 5.41) is 2.79. The van der Waals surface area contributed by atoms with Crippen molar-refractivity contribution in [2.24, 2.45) is 0 Å². The van der Waals surface area contributed by atoms with E-state index in [0.717, 1.165) is 23.5 Å². The monoisotopic (exact) mass is 443 g/mol. The van der Waals surface area contributed by atoms with Crippen LogP contribution in [0.2, 0.25) is 5.02 Å². The quantitative estimate of drug-likeness (QED) is 0.610. The Labute approximate surface area is 168 Å². The number of nitrogens with zero attached hydrogens (tertiary/aromatic N) is 1. The van der Waals surface area contributed by atoms with Crippen LogP contribution in [0.5, 0.6) is 0 Å². The molecule has 0 aliphatic rings. The van der Waals surface area contributed by atoms with E-state index in [9.17, 15) is 22.0 Å². The van der Waals surface area contributed by atoms with Crippen LogP contribution in [0.4, 0.5) is 19.6 Å². The van der Waals surface area contributed by atoms with E-state index < -0.39 is 27.6 Å². The third kappa shape index (κ3) is 4.46. The Hall–Kier alpha value is -2.56. The number of carbonyl (C=O) groups is 1. The molecular formula is C17H12ClF2N3O3S2. The van der Waals surface area contributed by atoms with Gasteiger partial charge in [0.15, 0.2) is 16.8 Å². The number of hydrogen-bond donors (Lipinski definition) is 2. The molecule has 1 heterocycles. The lowest BCUT2D eigenvalue weighted by atomic mass is 10.3. The van der Waals surface area contributed by atoms with Gasteiger partial charge in [-0.3, -0.25) is 9.52 Å². The Bertz CT molecular complexity index is 1150. The Balaban J connectivity index is 1.79. The van der Waals surface area contributed by atoms with E-state index in [0.29, 0.717) is 5.02 Å². The predicted molar refractivity (Wildman–Crippen MR) is 103 cm³/mol. The topological polar surface area (TPSA) is 88.2 Å². The number of aryl methyl sites for hydroxylation is 1. The van der Waals surface area contributed by atoms with Gasteiger partial charge in [-0.2, -0.15) is 0 Å². The number of thiazole rings is 1. The van der Waals surface area contributed by atoms with Gasteiger partial charge in [-0.25, -0.2) is 22.2 Å². The summed E-state index contributed by atoms with van der Waals surface area (Å²) < 4.78 is 53.3. The Morgan fingerprint density at radius 2 is 1.79 bits per heavy atom. The van der Waals surface area contributed by atoms with Crippen molar-refractivity contribution in [3.05, 3.63) is 69.7 Å². The second-order valence-corrected chi connectivity index (χ2v) is 8.69. The standard InChI is InChI=1S/C17H12ClF2N3O3S2/c1-9-15(16(24)22-11-4-7-13(19)14(20)8-11)27-17(21-9)23-28(25,26)12-5-2-10(18)3-6-12/h2-8H,1H3,(H,21,23)(H,22,24). The molecule has 6 nitrogen and oxygen atoms in total. The fraction of sp³-hybridized carbons (Fsp3) is 0.0588. The Kier molecular flexibility index (Phi) is 5.64. The Morgan fingerprint density at radius 3 is 2.43 bits per heavy atom. The molecule has 0 radical (unpaired) electrons. The minimum absolute atomic E-state index is 0.0112. The summed E-state index contributed by atoms with van der Waals surface area (Å²) >= 11 is 6.56.